The first kappa shape index (κ1) is 15.0. The number of aromatic nitrogens is 5. The normalized spacial score (nSPS) is 14.0. The Morgan fingerprint density at radius 2 is 2.25 bits per heavy atom. The topological polar surface area (TPSA) is 105 Å². The largest absolute Gasteiger partial charge is 0.497 e. The second-order valence-electron chi connectivity index (χ2n) is 5.52. The zero-order valence-electron chi connectivity index (χ0n) is 13.0. The van der Waals surface area contributed by atoms with Crippen molar-refractivity contribution < 1.29 is 9.26 Å². The highest BCUT2D eigenvalue weighted by atomic mass is 32.2. The summed E-state index contributed by atoms with van der Waals surface area (Å²) in [6.07, 6.45) is 2.26. The number of benzene rings is 1. The van der Waals surface area contributed by atoms with Crippen molar-refractivity contribution in [3.05, 3.63) is 36.0 Å². The molecular weight excluding hydrogens is 328 g/mol. The van der Waals surface area contributed by atoms with Gasteiger partial charge in [-0.05, 0) is 25.0 Å². The van der Waals surface area contributed by atoms with E-state index < -0.39 is 0 Å². The van der Waals surface area contributed by atoms with Crippen LogP contribution in [0, 0.1) is 0 Å². The molecule has 1 saturated carbocycles. The zero-order chi connectivity index (χ0) is 16.5. The van der Waals surface area contributed by atoms with Crippen LogP contribution in [0.15, 0.2) is 33.9 Å². The molecule has 1 fully saturated rings. The van der Waals surface area contributed by atoms with Gasteiger partial charge in [-0.1, -0.05) is 29.1 Å². The van der Waals surface area contributed by atoms with E-state index in [0.29, 0.717) is 28.5 Å². The lowest BCUT2D eigenvalue weighted by atomic mass is 10.2. The number of hydrogen-bond acceptors (Lipinski definition) is 8. The van der Waals surface area contributed by atoms with E-state index in [1.54, 1.807) is 11.8 Å². The molecule has 1 aliphatic carbocycles. The van der Waals surface area contributed by atoms with Crippen molar-refractivity contribution in [1.29, 1.82) is 0 Å². The third-order valence-corrected chi connectivity index (χ3v) is 4.68. The molecule has 2 N–H and O–H groups in total. The lowest BCUT2D eigenvalue weighted by Gasteiger charge is -2.00. The van der Waals surface area contributed by atoms with Gasteiger partial charge in [0.05, 0.1) is 12.9 Å². The fourth-order valence-corrected chi connectivity index (χ4v) is 3.03. The molecule has 0 saturated heterocycles. The molecule has 4 rings (SSSR count). The van der Waals surface area contributed by atoms with Gasteiger partial charge in [-0.3, -0.25) is 0 Å². The second-order valence-corrected chi connectivity index (χ2v) is 6.46. The van der Waals surface area contributed by atoms with E-state index in [2.05, 4.69) is 20.3 Å². The highest BCUT2D eigenvalue weighted by molar-refractivity contribution is 7.98. The number of nitrogen functional groups attached to an aromatic ring is 1. The van der Waals surface area contributed by atoms with Crippen LogP contribution in [0.1, 0.15) is 30.5 Å². The molecule has 24 heavy (non-hydrogen) atoms. The number of hydrogen-bond donors (Lipinski definition) is 1. The van der Waals surface area contributed by atoms with Crippen LogP contribution >= 0.6 is 11.8 Å². The van der Waals surface area contributed by atoms with E-state index >= 15 is 0 Å². The minimum absolute atomic E-state index is 0.458. The van der Waals surface area contributed by atoms with E-state index in [0.717, 1.165) is 30.0 Å². The zero-order valence-corrected chi connectivity index (χ0v) is 13.9. The van der Waals surface area contributed by atoms with E-state index in [1.807, 2.05) is 24.3 Å². The summed E-state index contributed by atoms with van der Waals surface area (Å²) < 4.78 is 12.1. The van der Waals surface area contributed by atoms with Gasteiger partial charge in [-0.25, -0.2) is 4.68 Å². The van der Waals surface area contributed by atoms with Crippen LogP contribution in [0.3, 0.4) is 0 Å². The van der Waals surface area contributed by atoms with Gasteiger partial charge in [0.2, 0.25) is 16.9 Å². The molecule has 0 atom stereocenters. The van der Waals surface area contributed by atoms with Crippen molar-refractivity contribution in [3.8, 4) is 17.1 Å². The number of thioether (sulfide) groups is 1. The number of ether oxygens (including phenoxy) is 1. The predicted molar refractivity (Wildman–Crippen MR) is 88.0 cm³/mol. The first-order valence-electron chi connectivity index (χ1n) is 7.55. The fourth-order valence-electron chi connectivity index (χ4n) is 2.33. The van der Waals surface area contributed by atoms with Crippen molar-refractivity contribution in [2.24, 2.45) is 0 Å². The molecule has 1 aliphatic rings. The third kappa shape index (κ3) is 2.94. The van der Waals surface area contributed by atoms with Crippen LogP contribution in [-0.4, -0.2) is 32.1 Å². The lowest BCUT2D eigenvalue weighted by molar-refractivity contribution is 0.391. The minimum atomic E-state index is 0.458. The van der Waals surface area contributed by atoms with Crippen LogP contribution in [-0.2, 0) is 5.75 Å². The molecule has 1 aromatic carbocycles. The molecule has 3 aromatic rings. The Bertz CT molecular complexity index is 857. The summed E-state index contributed by atoms with van der Waals surface area (Å²) in [5.41, 5.74) is 0.840. The Balaban J connectivity index is 1.45. The Labute approximate surface area is 142 Å². The maximum Gasteiger partial charge on any atom is 0.237 e. The molecule has 9 heteroatoms. The number of nitrogens with two attached hydrogens (primary N) is 1. The van der Waals surface area contributed by atoms with Gasteiger partial charge in [0.25, 0.3) is 0 Å². The van der Waals surface area contributed by atoms with Gasteiger partial charge in [-0.2, -0.15) is 4.98 Å². The molecule has 0 aliphatic heterocycles. The summed E-state index contributed by atoms with van der Waals surface area (Å²) >= 11 is 1.43. The van der Waals surface area contributed by atoms with Gasteiger partial charge in [0.15, 0.2) is 5.82 Å². The molecule has 0 spiro atoms. The van der Waals surface area contributed by atoms with Gasteiger partial charge in [0, 0.05) is 11.5 Å². The van der Waals surface area contributed by atoms with Crippen molar-refractivity contribution in [2.45, 2.75) is 29.7 Å². The molecule has 124 valence electrons. The fraction of sp³-hybridized carbons (Fsp3) is 0.333. The molecular formula is C15H16N6O2S. The molecule has 2 heterocycles. The number of rotatable bonds is 6. The summed E-state index contributed by atoms with van der Waals surface area (Å²) in [7, 11) is 1.62. The van der Waals surface area contributed by atoms with Gasteiger partial charge in [-0.15, -0.1) is 10.2 Å². The molecule has 0 bridgehead atoms. The standard InChI is InChI=1S/C15H16N6O2S/c1-22-11-4-2-3-10(7-11)13-17-12(23-20-13)8-24-15-19-18-14(21(15)16)9-5-6-9/h2-4,7,9H,5-6,8,16H2,1H3. The van der Waals surface area contributed by atoms with Crippen molar-refractivity contribution in [2.75, 3.05) is 13.0 Å². The maximum atomic E-state index is 6.03. The maximum absolute atomic E-state index is 6.03. The minimum Gasteiger partial charge on any atom is -0.497 e. The van der Waals surface area contributed by atoms with Crippen LogP contribution < -0.4 is 10.6 Å². The van der Waals surface area contributed by atoms with Crippen molar-refractivity contribution in [3.63, 3.8) is 0 Å². The average Bonchev–Trinajstić information content (AvgIpc) is 3.22. The summed E-state index contributed by atoms with van der Waals surface area (Å²) in [6, 6.07) is 7.52. The smallest absolute Gasteiger partial charge is 0.237 e. The Morgan fingerprint density at radius 1 is 1.38 bits per heavy atom. The molecule has 8 nitrogen and oxygen atoms in total. The predicted octanol–water partition coefficient (Wildman–Crippen LogP) is 2.22. The van der Waals surface area contributed by atoms with Crippen molar-refractivity contribution >= 4 is 11.8 Å². The Kier molecular flexibility index (Phi) is 3.85. The molecule has 0 unspecified atom stereocenters. The average molecular weight is 344 g/mol. The van der Waals surface area contributed by atoms with E-state index in [-0.39, 0.29) is 0 Å². The Morgan fingerprint density at radius 3 is 3.04 bits per heavy atom. The number of methoxy groups -OCH3 is 1. The molecule has 2 aromatic heterocycles. The first-order valence-corrected chi connectivity index (χ1v) is 8.53. The monoisotopic (exact) mass is 344 g/mol. The van der Waals surface area contributed by atoms with Gasteiger partial charge in [0.1, 0.15) is 5.75 Å². The van der Waals surface area contributed by atoms with Gasteiger partial charge < -0.3 is 15.1 Å². The Hall–Kier alpha value is -2.55. The number of nitrogens with zero attached hydrogens (tertiary/aromatic N) is 5. The highest BCUT2D eigenvalue weighted by Crippen LogP contribution is 2.39. The van der Waals surface area contributed by atoms with Crippen LogP contribution in [0.25, 0.3) is 11.4 Å². The second kappa shape index (κ2) is 6.16. The van der Waals surface area contributed by atoms with Crippen molar-refractivity contribution in [1.82, 2.24) is 25.0 Å². The summed E-state index contributed by atoms with van der Waals surface area (Å²) in [6.45, 7) is 0. The molecule has 0 amide bonds. The SMILES string of the molecule is COc1cccc(-c2noc(CSc3nnc(C4CC4)n3N)n2)c1. The lowest BCUT2D eigenvalue weighted by Crippen LogP contribution is -2.13. The summed E-state index contributed by atoms with van der Waals surface area (Å²) in [5, 5.41) is 12.9. The van der Waals surface area contributed by atoms with Crippen LogP contribution in [0.4, 0.5) is 0 Å². The van der Waals surface area contributed by atoms with E-state index in [9.17, 15) is 0 Å². The van der Waals surface area contributed by atoms with E-state index in [4.69, 9.17) is 15.1 Å². The quantitative estimate of drug-likeness (QED) is 0.536. The summed E-state index contributed by atoms with van der Waals surface area (Å²) in [4.78, 5) is 4.40. The highest BCUT2D eigenvalue weighted by Gasteiger charge is 2.30. The summed E-state index contributed by atoms with van der Waals surface area (Å²) in [5.74, 6) is 9.60. The van der Waals surface area contributed by atoms with Gasteiger partial charge >= 0.3 is 0 Å². The van der Waals surface area contributed by atoms with E-state index in [1.165, 1.54) is 11.8 Å². The first-order chi connectivity index (χ1) is 11.7. The third-order valence-electron chi connectivity index (χ3n) is 3.75. The molecule has 0 radical (unpaired) electrons. The van der Waals surface area contributed by atoms with Crippen LogP contribution in [0.5, 0.6) is 5.75 Å². The van der Waals surface area contributed by atoms with Crippen LogP contribution in [0.2, 0.25) is 0 Å².